The Morgan fingerprint density at radius 1 is 1.16 bits per heavy atom. The summed E-state index contributed by atoms with van der Waals surface area (Å²) in [6.45, 7) is 4.57. The molecule has 2 amide bonds. The van der Waals surface area contributed by atoms with Gasteiger partial charge in [-0.15, -0.1) is 0 Å². The van der Waals surface area contributed by atoms with Gasteiger partial charge in [0, 0.05) is 46.0 Å². The Bertz CT molecular complexity index is 928. The van der Waals surface area contributed by atoms with Crippen LogP contribution in [0.4, 0.5) is 5.69 Å². The van der Waals surface area contributed by atoms with Gasteiger partial charge in [-0.1, -0.05) is 0 Å². The van der Waals surface area contributed by atoms with Gasteiger partial charge in [-0.3, -0.25) is 9.59 Å². The lowest BCUT2D eigenvalue weighted by Crippen LogP contribution is -2.42. The average molecular weight is 466 g/mol. The van der Waals surface area contributed by atoms with Crippen LogP contribution in [0.5, 0.6) is 0 Å². The van der Waals surface area contributed by atoms with E-state index in [2.05, 4.69) is 15.1 Å². The third kappa shape index (κ3) is 5.79. The molecule has 0 spiro atoms. The fourth-order valence-electron chi connectivity index (χ4n) is 4.39. The lowest BCUT2D eigenvalue weighted by molar-refractivity contribution is -0.123. The summed E-state index contributed by atoms with van der Waals surface area (Å²) in [4.78, 5) is 29.0. The number of benzene rings is 1. The summed E-state index contributed by atoms with van der Waals surface area (Å²) in [5, 5.41) is 2.95. The number of anilines is 1. The van der Waals surface area contributed by atoms with Crippen LogP contribution in [-0.2, 0) is 14.8 Å². The quantitative estimate of drug-likeness (QED) is 0.523. The molecule has 2 aliphatic heterocycles. The molecule has 2 saturated heterocycles. The second kappa shape index (κ2) is 10.6. The van der Waals surface area contributed by atoms with Gasteiger partial charge in [-0.05, 0) is 63.4 Å². The van der Waals surface area contributed by atoms with E-state index in [-0.39, 0.29) is 22.6 Å². The molecule has 0 radical (unpaired) electrons. The summed E-state index contributed by atoms with van der Waals surface area (Å²) in [6.07, 6.45) is 4.65. The molecule has 3 rings (SSSR count). The van der Waals surface area contributed by atoms with Crippen LogP contribution in [0.3, 0.4) is 0 Å². The molecule has 1 unspecified atom stereocenters. The first kappa shape index (κ1) is 24.5. The number of nitrogens with one attached hydrogen (secondary N) is 1. The highest BCUT2D eigenvalue weighted by atomic mass is 32.2. The first-order valence-electron chi connectivity index (χ1n) is 11.3. The topological polar surface area (TPSA) is 116 Å². The summed E-state index contributed by atoms with van der Waals surface area (Å²) in [5.74, 6) is -0.607. The highest BCUT2D eigenvalue weighted by Crippen LogP contribution is 2.28. The standard InChI is InChI=1S/C22H35N5O4S/c1-25(2)32(30,31)18-8-9-20(27-13-3-4-14-27)19(15-18)22(29)24-10-6-12-26-11-5-7-17(16-26)21(23)28/h8-9,15,17H,3-7,10-14,16H2,1-2H3,(H2,23,28)(H,24,29). The monoisotopic (exact) mass is 465 g/mol. The highest BCUT2D eigenvalue weighted by Gasteiger charge is 2.25. The Morgan fingerprint density at radius 3 is 2.53 bits per heavy atom. The fourth-order valence-corrected chi connectivity index (χ4v) is 5.32. The number of carbonyl (C=O) groups excluding carboxylic acids is 2. The molecular weight excluding hydrogens is 430 g/mol. The Morgan fingerprint density at radius 2 is 1.88 bits per heavy atom. The van der Waals surface area contributed by atoms with Crippen molar-refractivity contribution < 1.29 is 18.0 Å². The molecule has 1 aromatic rings. The van der Waals surface area contributed by atoms with Gasteiger partial charge in [0.2, 0.25) is 15.9 Å². The van der Waals surface area contributed by atoms with Crippen molar-refractivity contribution in [3.63, 3.8) is 0 Å². The van der Waals surface area contributed by atoms with Crippen molar-refractivity contribution >= 4 is 27.5 Å². The first-order valence-corrected chi connectivity index (χ1v) is 12.8. The SMILES string of the molecule is CN(C)S(=O)(=O)c1ccc(N2CCCC2)c(C(=O)NCCCN2CCCC(C(N)=O)C2)c1. The van der Waals surface area contributed by atoms with Gasteiger partial charge in [0.1, 0.15) is 0 Å². The van der Waals surface area contributed by atoms with Crippen molar-refractivity contribution in [1.82, 2.24) is 14.5 Å². The van der Waals surface area contributed by atoms with Gasteiger partial charge in [0.05, 0.1) is 16.4 Å². The van der Waals surface area contributed by atoms with Gasteiger partial charge < -0.3 is 20.9 Å². The second-order valence-electron chi connectivity index (χ2n) is 8.81. The van der Waals surface area contributed by atoms with Crippen molar-refractivity contribution in [1.29, 1.82) is 0 Å². The number of piperidine rings is 1. The molecular formula is C22H35N5O4S. The fraction of sp³-hybridized carbons (Fsp3) is 0.636. The molecule has 0 saturated carbocycles. The molecule has 178 valence electrons. The maximum Gasteiger partial charge on any atom is 0.253 e. The van der Waals surface area contributed by atoms with E-state index in [0.717, 1.165) is 68.3 Å². The van der Waals surface area contributed by atoms with E-state index in [9.17, 15) is 18.0 Å². The number of sulfonamides is 1. The van der Waals surface area contributed by atoms with Gasteiger partial charge in [-0.2, -0.15) is 0 Å². The van der Waals surface area contributed by atoms with Crippen LogP contribution >= 0.6 is 0 Å². The molecule has 9 nitrogen and oxygen atoms in total. The molecule has 2 heterocycles. The molecule has 1 aromatic carbocycles. The maximum absolute atomic E-state index is 13.0. The molecule has 3 N–H and O–H groups in total. The molecule has 0 aromatic heterocycles. The Balaban J connectivity index is 1.65. The van der Waals surface area contributed by atoms with Crippen LogP contribution in [-0.4, -0.2) is 82.8 Å². The zero-order valence-corrected chi connectivity index (χ0v) is 19.9. The van der Waals surface area contributed by atoms with E-state index in [1.807, 2.05) is 0 Å². The minimum Gasteiger partial charge on any atom is -0.371 e. The summed E-state index contributed by atoms with van der Waals surface area (Å²) in [6, 6.07) is 4.81. The molecule has 0 bridgehead atoms. The summed E-state index contributed by atoms with van der Waals surface area (Å²) in [5.41, 5.74) is 6.61. The summed E-state index contributed by atoms with van der Waals surface area (Å²) >= 11 is 0. The van der Waals surface area contributed by atoms with Crippen molar-refractivity contribution in [2.75, 3.05) is 58.3 Å². The number of primary amides is 1. The Hall–Kier alpha value is -2.17. The maximum atomic E-state index is 13.0. The van der Waals surface area contributed by atoms with Crippen LogP contribution in [0.25, 0.3) is 0 Å². The lowest BCUT2D eigenvalue weighted by atomic mass is 9.97. The van der Waals surface area contributed by atoms with Crippen LogP contribution in [0.2, 0.25) is 0 Å². The van der Waals surface area contributed by atoms with Crippen LogP contribution in [0.1, 0.15) is 42.5 Å². The van der Waals surface area contributed by atoms with E-state index in [4.69, 9.17) is 5.73 Å². The predicted octanol–water partition coefficient (Wildman–Crippen LogP) is 0.854. The average Bonchev–Trinajstić information content (AvgIpc) is 3.31. The second-order valence-corrected chi connectivity index (χ2v) is 11.0. The lowest BCUT2D eigenvalue weighted by Gasteiger charge is -2.31. The zero-order valence-electron chi connectivity index (χ0n) is 19.0. The van der Waals surface area contributed by atoms with Gasteiger partial charge in [-0.25, -0.2) is 12.7 Å². The van der Waals surface area contributed by atoms with Gasteiger partial charge in [0.25, 0.3) is 5.91 Å². The van der Waals surface area contributed by atoms with Crippen LogP contribution < -0.4 is 16.0 Å². The summed E-state index contributed by atoms with van der Waals surface area (Å²) < 4.78 is 26.3. The minimum atomic E-state index is -3.63. The Kier molecular flexibility index (Phi) is 8.13. The number of nitrogens with zero attached hydrogens (tertiary/aromatic N) is 3. The number of amides is 2. The molecule has 2 fully saturated rings. The molecule has 1 atom stereocenters. The largest absolute Gasteiger partial charge is 0.371 e. The smallest absolute Gasteiger partial charge is 0.253 e. The van der Waals surface area contributed by atoms with Crippen molar-refractivity contribution in [2.45, 2.75) is 37.0 Å². The Labute approximate surface area is 191 Å². The number of likely N-dealkylation sites (tertiary alicyclic amines) is 1. The van der Waals surface area contributed by atoms with E-state index in [1.54, 1.807) is 12.1 Å². The zero-order chi connectivity index (χ0) is 23.3. The number of hydrogen-bond acceptors (Lipinski definition) is 6. The predicted molar refractivity (Wildman–Crippen MR) is 124 cm³/mol. The third-order valence-electron chi connectivity index (χ3n) is 6.28. The highest BCUT2D eigenvalue weighted by molar-refractivity contribution is 7.89. The van der Waals surface area contributed by atoms with Crippen LogP contribution in [0, 0.1) is 5.92 Å². The van der Waals surface area contributed by atoms with Crippen molar-refractivity contribution in [2.24, 2.45) is 11.7 Å². The third-order valence-corrected chi connectivity index (χ3v) is 8.09. The first-order chi connectivity index (χ1) is 15.2. The number of carbonyl (C=O) groups is 2. The van der Waals surface area contributed by atoms with Crippen LogP contribution in [0.15, 0.2) is 23.1 Å². The number of hydrogen-bond donors (Lipinski definition) is 2. The van der Waals surface area contributed by atoms with E-state index < -0.39 is 10.0 Å². The number of rotatable bonds is 9. The van der Waals surface area contributed by atoms with Crippen molar-refractivity contribution in [3.05, 3.63) is 23.8 Å². The number of nitrogens with two attached hydrogens (primary N) is 1. The minimum absolute atomic E-state index is 0.0947. The van der Waals surface area contributed by atoms with Gasteiger partial charge >= 0.3 is 0 Å². The van der Waals surface area contributed by atoms with Gasteiger partial charge in [0.15, 0.2) is 0 Å². The van der Waals surface area contributed by atoms with E-state index >= 15 is 0 Å². The van der Waals surface area contributed by atoms with E-state index in [0.29, 0.717) is 18.7 Å². The normalized spacial score (nSPS) is 20.0. The molecule has 10 heteroatoms. The molecule has 32 heavy (non-hydrogen) atoms. The van der Waals surface area contributed by atoms with E-state index in [1.165, 1.54) is 20.2 Å². The molecule has 0 aliphatic carbocycles. The van der Waals surface area contributed by atoms with Crippen molar-refractivity contribution in [3.8, 4) is 0 Å². The summed E-state index contributed by atoms with van der Waals surface area (Å²) in [7, 11) is -0.677. The molecule has 2 aliphatic rings.